The van der Waals surface area contributed by atoms with Crippen molar-refractivity contribution < 1.29 is 17.2 Å². The van der Waals surface area contributed by atoms with E-state index in [9.17, 15) is 17.2 Å². The van der Waals surface area contributed by atoms with Crippen molar-refractivity contribution in [3.63, 3.8) is 0 Å². The minimum Gasteiger partial charge on any atom is -0.382 e. The normalized spacial score (nSPS) is 16.0. The largest absolute Gasteiger partial charge is 0.382 e. The first-order chi connectivity index (χ1) is 16.0. The van der Waals surface area contributed by atoms with Crippen LogP contribution in [0.4, 0.5) is 14.6 Å². The third-order valence-electron chi connectivity index (χ3n) is 5.84. The van der Waals surface area contributed by atoms with Gasteiger partial charge in [0.15, 0.2) is 17.0 Å². The Hall–Kier alpha value is -1.93. The lowest BCUT2D eigenvalue weighted by Crippen LogP contribution is -2.30. The molecule has 0 amide bonds. The van der Waals surface area contributed by atoms with Crippen LogP contribution in [0, 0.1) is 15.6 Å². The van der Waals surface area contributed by atoms with E-state index in [4.69, 9.17) is 5.73 Å². The Morgan fingerprint density at radius 3 is 2.79 bits per heavy atom. The van der Waals surface area contributed by atoms with Gasteiger partial charge < -0.3 is 10.3 Å². The van der Waals surface area contributed by atoms with Crippen LogP contribution in [0.1, 0.15) is 55.4 Å². The number of sulfonamides is 1. The molecule has 0 aliphatic heterocycles. The summed E-state index contributed by atoms with van der Waals surface area (Å²) in [6.45, 7) is 4.47. The summed E-state index contributed by atoms with van der Waals surface area (Å²) in [5.41, 5.74) is 8.98. The Kier molecular flexibility index (Phi) is 7.38. The maximum Gasteiger partial charge on any atom is 0.312 e. The van der Waals surface area contributed by atoms with E-state index in [0.29, 0.717) is 30.8 Å². The number of nitrogens with one attached hydrogen (secondary N) is 1. The van der Waals surface area contributed by atoms with E-state index < -0.39 is 22.3 Å². The standard InChI is InChI=1S/C22H27F2IN6O2S/c1-12(2)11-27-34(32,33)7-3-6-31-18(28-19-20(26)29-22(24)30-21(19)31)10-14-8-15-13(9-17(14)25)4-5-16(15)23/h8-9,12,16,27H,3-7,10-11H2,1-2H3,(H2,26,29,30). The monoisotopic (exact) mass is 604 g/mol. The molecule has 184 valence electrons. The topological polar surface area (TPSA) is 116 Å². The Bertz CT molecular complexity index is 1330. The number of aromatic nitrogens is 4. The molecule has 8 nitrogen and oxygen atoms in total. The molecule has 1 unspecified atom stereocenters. The van der Waals surface area contributed by atoms with E-state index in [1.54, 1.807) is 4.57 Å². The van der Waals surface area contributed by atoms with Gasteiger partial charge in [0.25, 0.3) is 0 Å². The summed E-state index contributed by atoms with van der Waals surface area (Å²) in [4.78, 5) is 12.0. The second kappa shape index (κ2) is 9.97. The molecule has 0 fully saturated rings. The number of imidazole rings is 1. The number of hydrogen-bond donors (Lipinski definition) is 2. The van der Waals surface area contributed by atoms with E-state index in [1.165, 1.54) is 0 Å². The highest BCUT2D eigenvalue weighted by Gasteiger charge is 2.25. The molecular formula is C22H27F2IN6O2S. The molecule has 2 aromatic heterocycles. The maximum absolute atomic E-state index is 14.3. The van der Waals surface area contributed by atoms with Crippen LogP contribution >= 0.6 is 22.6 Å². The van der Waals surface area contributed by atoms with Crippen molar-refractivity contribution in [1.29, 1.82) is 0 Å². The van der Waals surface area contributed by atoms with Crippen LogP contribution in [0.3, 0.4) is 0 Å². The molecule has 1 aromatic carbocycles. The number of nitrogens with two attached hydrogens (primary N) is 1. The Balaban J connectivity index is 1.64. The van der Waals surface area contributed by atoms with Crippen molar-refractivity contribution in [3.8, 4) is 0 Å². The highest BCUT2D eigenvalue weighted by Crippen LogP contribution is 2.37. The quantitative estimate of drug-likeness (QED) is 0.285. The molecule has 0 bridgehead atoms. The van der Waals surface area contributed by atoms with Crippen LogP contribution in [-0.4, -0.2) is 40.2 Å². The number of fused-ring (bicyclic) bond motifs is 2. The van der Waals surface area contributed by atoms with Gasteiger partial charge in [-0.25, -0.2) is 22.5 Å². The zero-order valence-corrected chi connectivity index (χ0v) is 22.0. The Labute approximate surface area is 211 Å². The zero-order chi connectivity index (χ0) is 24.6. The van der Waals surface area contributed by atoms with Gasteiger partial charge in [-0.05, 0) is 70.5 Å². The fraction of sp³-hybridized carbons (Fsp3) is 0.500. The number of hydrogen-bond acceptors (Lipinski definition) is 6. The van der Waals surface area contributed by atoms with Gasteiger partial charge in [0.2, 0.25) is 10.0 Å². The van der Waals surface area contributed by atoms with Crippen molar-refractivity contribution >= 4 is 49.6 Å². The van der Waals surface area contributed by atoms with Gasteiger partial charge in [0, 0.05) is 23.1 Å². The molecule has 0 spiro atoms. The molecule has 12 heteroatoms. The number of nitrogen functional groups attached to an aromatic ring is 1. The second-order valence-electron chi connectivity index (χ2n) is 8.97. The summed E-state index contributed by atoms with van der Waals surface area (Å²) < 4.78 is 58.2. The molecule has 1 atom stereocenters. The zero-order valence-electron chi connectivity index (χ0n) is 19.0. The van der Waals surface area contributed by atoms with E-state index >= 15 is 0 Å². The van der Waals surface area contributed by atoms with Gasteiger partial charge in [-0.3, -0.25) is 0 Å². The van der Waals surface area contributed by atoms with Gasteiger partial charge in [0.05, 0.1) is 5.75 Å². The second-order valence-corrected chi connectivity index (χ2v) is 12.1. The predicted molar refractivity (Wildman–Crippen MR) is 135 cm³/mol. The number of rotatable bonds is 9. The Morgan fingerprint density at radius 2 is 2.06 bits per heavy atom. The number of halogens is 3. The first-order valence-electron chi connectivity index (χ1n) is 11.1. The summed E-state index contributed by atoms with van der Waals surface area (Å²) in [7, 11) is -3.45. The molecule has 0 radical (unpaired) electrons. The van der Waals surface area contributed by atoms with E-state index in [-0.39, 0.29) is 41.6 Å². The Morgan fingerprint density at radius 1 is 1.29 bits per heavy atom. The molecule has 0 saturated carbocycles. The average molecular weight is 604 g/mol. The fourth-order valence-corrected chi connectivity index (χ4v) is 6.08. The summed E-state index contributed by atoms with van der Waals surface area (Å²) in [5, 5.41) is 0. The van der Waals surface area contributed by atoms with Gasteiger partial charge in [0.1, 0.15) is 12.0 Å². The highest BCUT2D eigenvalue weighted by molar-refractivity contribution is 14.1. The van der Waals surface area contributed by atoms with E-state index in [2.05, 4.69) is 42.3 Å². The lowest BCUT2D eigenvalue weighted by Gasteiger charge is -2.13. The van der Waals surface area contributed by atoms with Crippen molar-refractivity contribution in [2.45, 2.75) is 52.2 Å². The summed E-state index contributed by atoms with van der Waals surface area (Å²) in [6.07, 6.45) is -0.145. The van der Waals surface area contributed by atoms with Gasteiger partial charge in [-0.2, -0.15) is 14.4 Å². The third-order valence-corrected chi connectivity index (χ3v) is 8.28. The van der Waals surface area contributed by atoms with Crippen LogP contribution in [0.5, 0.6) is 0 Å². The molecule has 3 aromatic rings. The first kappa shape index (κ1) is 25.2. The molecular weight excluding hydrogens is 577 g/mol. The number of benzene rings is 1. The summed E-state index contributed by atoms with van der Waals surface area (Å²) >= 11 is 2.22. The minimum atomic E-state index is -3.45. The van der Waals surface area contributed by atoms with E-state index in [0.717, 1.165) is 21.1 Å². The van der Waals surface area contributed by atoms with Crippen LogP contribution in [-0.2, 0) is 29.4 Å². The molecule has 34 heavy (non-hydrogen) atoms. The van der Waals surface area contributed by atoms with Gasteiger partial charge in [-0.15, -0.1) is 0 Å². The van der Waals surface area contributed by atoms with E-state index in [1.807, 2.05) is 26.0 Å². The molecule has 1 aliphatic carbocycles. The van der Waals surface area contributed by atoms with Crippen molar-refractivity contribution in [3.05, 3.63) is 44.3 Å². The number of nitrogens with zero attached hydrogens (tertiary/aromatic N) is 4. The van der Waals surface area contributed by atoms with Crippen LogP contribution in [0.15, 0.2) is 12.1 Å². The summed E-state index contributed by atoms with van der Waals surface area (Å²) in [5.74, 6) is 0.559. The lowest BCUT2D eigenvalue weighted by molar-refractivity contribution is 0.343. The fourth-order valence-electron chi connectivity index (χ4n) is 4.12. The molecule has 3 N–H and O–H groups in total. The number of aryl methyl sites for hydroxylation is 2. The maximum atomic E-state index is 14.3. The van der Waals surface area contributed by atoms with Gasteiger partial charge in [-0.1, -0.05) is 19.9 Å². The summed E-state index contributed by atoms with van der Waals surface area (Å²) in [6, 6.07) is 3.87. The van der Waals surface area contributed by atoms with Crippen LogP contribution in [0.25, 0.3) is 11.2 Å². The highest BCUT2D eigenvalue weighted by atomic mass is 127. The lowest BCUT2D eigenvalue weighted by atomic mass is 10.0. The van der Waals surface area contributed by atoms with Gasteiger partial charge >= 0.3 is 6.08 Å². The van der Waals surface area contributed by atoms with Crippen molar-refractivity contribution in [2.75, 3.05) is 18.0 Å². The van der Waals surface area contributed by atoms with Crippen LogP contribution in [0.2, 0.25) is 0 Å². The SMILES string of the molecule is CC(C)CNS(=O)(=O)CCCn1c(Cc2cc3c(cc2I)CCC3F)nc2c(N)nc(F)nc21. The molecule has 0 saturated heterocycles. The van der Waals surface area contributed by atoms with Crippen molar-refractivity contribution in [1.82, 2.24) is 24.2 Å². The average Bonchev–Trinajstić information content (AvgIpc) is 3.27. The first-order valence-corrected chi connectivity index (χ1v) is 13.9. The smallest absolute Gasteiger partial charge is 0.312 e. The molecule has 2 heterocycles. The minimum absolute atomic E-state index is 0.0822. The number of anilines is 1. The molecule has 1 aliphatic rings. The predicted octanol–water partition coefficient (Wildman–Crippen LogP) is 3.67. The molecule has 4 rings (SSSR count). The van der Waals surface area contributed by atoms with Crippen molar-refractivity contribution in [2.24, 2.45) is 5.92 Å². The van der Waals surface area contributed by atoms with Crippen LogP contribution < -0.4 is 10.5 Å². The third kappa shape index (κ3) is 5.48. The number of alkyl halides is 1.